The third-order valence-corrected chi connectivity index (χ3v) is 2.44. The van der Waals surface area contributed by atoms with Gasteiger partial charge in [0.2, 0.25) is 0 Å². The van der Waals surface area contributed by atoms with Gasteiger partial charge in [-0.2, -0.15) is 8.42 Å². The highest BCUT2D eigenvalue weighted by atomic mass is 79.9. The van der Waals surface area contributed by atoms with Crippen molar-refractivity contribution in [3.05, 3.63) is 24.3 Å². The van der Waals surface area contributed by atoms with Gasteiger partial charge in [0.15, 0.2) is 0 Å². The molecule has 1 aromatic rings. The minimum Gasteiger partial charge on any atom is -0.482 e. The van der Waals surface area contributed by atoms with E-state index in [-0.39, 0.29) is 4.90 Å². The molecule has 1 aromatic carbocycles. The lowest BCUT2D eigenvalue weighted by molar-refractivity contribution is 0.397. The van der Waals surface area contributed by atoms with Gasteiger partial charge in [0.05, 0.1) is 4.90 Å². The van der Waals surface area contributed by atoms with Crippen molar-refractivity contribution in [2.24, 2.45) is 0 Å². The Balaban J connectivity index is 2.94. The first-order chi connectivity index (χ1) is 6.04. The quantitative estimate of drug-likeness (QED) is 0.668. The van der Waals surface area contributed by atoms with E-state index in [1.54, 1.807) is 0 Å². The number of ether oxygens (including phenoxy) is 1. The summed E-state index contributed by atoms with van der Waals surface area (Å²) < 4.78 is 34.9. The van der Waals surface area contributed by atoms with E-state index in [1.807, 2.05) is 0 Å². The summed E-state index contributed by atoms with van der Waals surface area (Å²) in [6.45, 7) is 0. The maximum atomic E-state index is 10.6. The van der Waals surface area contributed by atoms with Crippen molar-refractivity contribution in [3.63, 3.8) is 0 Å². The number of halogens is 1. The molecule has 0 unspecified atom stereocenters. The molecule has 0 atom stereocenters. The molecule has 0 aromatic heterocycles. The predicted octanol–water partition coefficient (Wildman–Crippen LogP) is 1.66. The van der Waals surface area contributed by atoms with Gasteiger partial charge in [0, 0.05) is 0 Å². The van der Waals surface area contributed by atoms with Gasteiger partial charge in [-0.1, -0.05) is 0 Å². The zero-order chi connectivity index (χ0) is 9.90. The first-order valence-corrected chi connectivity index (χ1v) is 5.86. The predicted molar refractivity (Wildman–Crippen MR) is 50.7 cm³/mol. The Morgan fingerprint density at radius 2 is 1.85 bits per heavy atom. The largest absolute Gasteiger partial charge is 0.482 e. The first-order valence-electron chi connectivity index (χ1n) is 3.30. The summed E-state index contributed by atoms with van der Waals surface area (Å²) >= 11 is 3.05. The molecule has 0 saturated carbocycles. The van der Waals surface area contributed by atoms with Crippen LogP contribution in [0, 0.1) is 0 Å². The zero-order valence-corrected chi connectivity index (χ0v) is 8.88. The van der Waals surface area contributed by atoms with E-state index in [0.29, 0.717) is 11.3 Å². The summed E-state index contributed by atoms with van der Waals surface area (Å²) in [5, 5.41) is 0. The fourth-order valence-corrected chi connectivity index (χ4v) is 1.52. The lowest BCUT2D eigenvalue weighted by Gasteiger charge is -2.01. The number of hydrogen-bond donors (Lipinski definition) is 1. The third-order valence-electron chi connectivity index (χ3n) is 1.34. The summed E-state index contributed by atoms with van der Waals surface area (Å²) in [5.41, 5.74) is 0.332. The van der Waals surface area contributed by atoms with Crippen LogP contribution in [0.15, 0.2) is 29.2 Å². The van der Waals surface area contributed by atoms with Crippen LogP contribution in [0.5, 0.6) is 5.75 Å². The molecule has 0 aliphatic carbocycles. The second-order valence-corrected chi connectivity index (χ2v) is 4.08. The molecule has 0 bridgehead atoms. The van der Waals surface area contributed by atoms with Crippen LogP contribution in [0.1, 0.15) is 0 Å². The fraction of sp³-hybridized carbons (Fsp3) is 0.143. The van der Waals surface area contributed by atoms with E-state index in [0.717, 1.165) is 0 Å². The lowest BCUT2D eigenvalue weighted by Crippen LogP contribution is -1.97. The van der Waals surface area contributed by atoms with E-state index in [2.05, 4.69) is 15.9 Å². The molecule has 0 spiro atoms. The highest BCUT2D eigenvalue weighted by Crippen LogP contribution is 2.15. The van der Waals surface area contributed by atoms with Crippen LogP contribution in [0.25, 0.3) is 0 Å². The Kier molecular flexibility index (Phi) is 3.29. The molecule has 1 rings (SSSR count). The van der Waals surface area contributed by atoms with E-state index >= 15 is 0 Å². The van der Waals surface area contributed by atoms with Crippen molar-refractivity contribution in [2.45, 2.75) is 4.90 Å². The van der Waals surface area contributed by atoms with E-state index in [4.69, 9.17) is 9.29 Å². The van der Waals surface area contributed by atoms with Crippen molar-refractivity contribution in [1.29, 1.82) is 0 Å². The molecular formula is C7H7BrO4S. The molecule has 0 fully saturated rings. The monoisotopic (exact) mass is 266 g/mol. The van der Waals surface area contributed by atoms with Crippen LogP contribution in [-0.2, 0) is 10.1 Å². The maximum Gasteiger partial charge on any atom is 0.294 e. The molecular weight excluding hydrogens is 260 g/mol. The molecule has 0 radical (unpaired) electrons. The van der Waals surface area contributed by atoms with Gasteiger partial charge in [-0.15, -0.1) is 0 Å². The van der Waals surface area contributed by atoms with Crippen LogP contribution in [0.3, 0.4) is 0 Å². The minimum atomic E-state index is -4.10. The number of rotatable bonds is 3. The topological polar surface area (TPSA) is 63.6 Å². The van der Waals surface area contributed by atoms with Gasteiger partial charge in [0.1, 0.15) is 11.3 Å². The molecule has 0 amide bonds. The zero-order valence-electron chi connectivity index (χ0n) is 6.47. The number of hydrogen-bond acceptors (Lipinski definition) is 3. The second-order valence-electron chi connectivity index (χ2n) is 2.20. The standard InChI is InChI=1S/C7H7BrO4S/c8-5-12-6-1-3-7(4-2-6)13(9,10)11/h1-4H,5H2,(H,9,10,11). The van der Waals surface area contributed by atoms with Crippen LogP contribution < -0.4 is 4.74 Å². The van der Waals surface area contributed by atoms with Crippen molar-refractivity contribution in [3.8, 4) is 5.75 Å². The van der Waals surface area contributed by atoms with Gasteiger partial charge in [-0.3, -0.25) is 4.55 Å². The molecule has 0 aliphatic rings. The SMILES string of the molecule is O=S(=O)(O)c1ccc(OCBr)cc1. The summed E-state index contributed by atoms with van der Waals surface area (Å²) in [6, 6.07) is 5.47. The van der Waals surface area contributed by atoms with E-state index in [1.165, 1.54) is 24.3 Å². The van der Waals surface area contributed by atoms with Gasteiger partial charge in [0.25, 0.3) is 10.1 Å². The smallest absolute Gasteiger partial charge is 0.294 e. The molecule has 6 heteroatoms. The summed E-state index contributed by atoms with van der Waals surface area (Å²) in [6.07, 6.45) is 0. The average Bonchev–Trinajstić information content (AvgIpc) is 2.04. The Bertz CT molecular complexity index is 370. The van der Waals surface area contributed by atoms with Gasteiger partial charge in [-0.25, -0.2) is 0 Å². The van der Waals surface area contributed by atoms with Crippen LogP contribution >= 0.6 is 15.9 Å². The Hall–Kier alpha value is -0.590. The Morgan fingerprint density at radius 1 is 1.31 bits per heavy atom. The van der Waals surface area contributed by atoms with Crippen molar-refractivity contribution in [1.82, 2.24) is 0 Å². The minimum absolute atomic E-state index is 0.144. The molecule has 72 valence electrons. The normalized spacial score (nSPS) is 11.2. The number of benzene rings is 1. The van der Waals surface area contributed by atoms with Crippen LogP contribution in [0.4, 0.5) is 0 Å². The van der Waals surface area contributed by atoms with Crippen LogP contribution in [-0.4, -0.2) is 18.5 Å². The maximum absolute atomic E-state index is 10.6. The average molecular weight is 267 g/mol. The highest BCUT2D eigenvalue weighted by Gasteiger charge is 2.08. The van der Waals surface area contributed by atoms with Crippen LogP contribution in [0.2, 0.25) is 0 Å². The Morgan fingerprint density at radius 3 is 2.23 bits per heavy atom. The molecule has 4 nitrogen and oxygen atoms in total. The third kappa shape index (κ3) is 2.98. The van der Waals surface area contributed by atoms with Gasteiger partial charge < -0.3 is 4.74 Å². The van der Waals surface area contributed by atoms with Crippen molar-refractivity contribution >= 4 is 26.0 Å². The number of alkyl halides is 1. The lowest BCUT2D eigenvalue weighted by atomic mass is 10.3. The fourth-order valence-electron chi connectivity index (χ4n) is 0.771. The first kappa shape index (κ1) is 10.5. The Labute approximate surface area is 84.4 Å². The van der Waals surface area contributed by atoms with Crippen molar-refractivity contribution < 1.29 is 17.7 Å². The van der Waals surface area contributed by atoms with Crippen molar-refractivity contribution in [2.75, 3.05) is 5.52 Å². The van der Waals surface area contributed by atoms with Gasteiger partial charge in [-0.05, 0) is 40.2 Å². The molecule has 0 heterocycles. The summed E-state index contributed by atoms with van der Waals surface area (Å²) in [4.78, 5) is -0.144. The van der Waals surface area contributed by atoms with Gasteiger partial charge >= 0.3 is 0 Å². The molecule has 0 saturated heterocycles. The molecule has 1 N–H and O–H groups in total. The summed E-state index contributed by atoms with van der Waals surface area (Å²) in [5.74, 6) is 0.532. The van der Waals surface area contributed by atoms with E-state index in [9.17, 15) is 8.42 Å². The van der Waals surface area contributed by atoms with E-state index < -0.39 is 10.1 Å². The summed E-state index contributed by atoms with van der Waals surface area (Å²) in [7, 11) is -4.10. The second kappa shape index (κ2) is 4.08. The highest BCUT2D eigenvalue weighted by molar-refractivity contribution is 9.09. The molecule has 13 heavy (non-hydrogen) atoms. The molecule has 0 aliphatic heterocycles.